The summed E-state index contributed by atoms with van der Waals surface area (Å²) < 4.78 is 47.3. The fourth-order valence-electron chi connectivity index (χ4n) is 2.01. The third-order valence-corrected chi connectivity index (χ3v) is 3.09. The van der Waals surface area contributed by atoms with E-state index in [4.69, 9.17) is 0 Å². The van der Waals surface area contributed by atoms with Crippen LogP contribution in [0.3, 0.4) is 0 Å². The highest BCUT2D eigenvalue weighted by Crippen LogP contribution is 2.14. The molecule has 0 unspecified atom stereocenters. The van der Waals surface area contributed by atoms with E-state index in [2.05, 4.69) is 0 Å². The average molecular weight is 270 g/mol. The highest BCUT2D eigenvalue weighted by Gasteiger charge is 2.01. The Labute approximate surface area is 108 Å². The quantitative estimate of drug-likeness (QED) is 0.276. The summed E-state index contributed by atoms with van der Waals surface area (Å²) in [5.41, 5.74) is 0. The second kappa shape index (κ2) is 13.2. The van der Waals surface area contributed by atoms with Crippen LogP contribution in [-0.2, 0) is 0 Å². The van der Waals surface area contributed by atoms with Crippen LogP contribution in [0.4, 0.5) is 17.6 Å². The predicted molar refractivity (Wildman–Crippen MR) is 67.4 cm³/mol. The van der Waals surface area contributed by atoms with Crippen molar-refractivity contribution in [2.45, 2.75) is 89.9 Å². The second-order valence-electron chi connectivity index (χ2n) is 4.90. The van der Waals surface area contributed by atoms with Crippen molar-refractivity contribution in [1.82, 2.24) is 0 Å². The smallest absolute Gasteiger partial charge is 0.211 e. The van der Waals surface area contributed by atoms with E-state index in [-0.39, 0.29) is 12.8 Å². The topological polar surface area (TPSA) is 0 Å². The van der Waals surface area contributed by atoms with Crippen LogP contribution in [-0.4, -0.2) is 12.9 Å². The molecule has 0 aliphatic heterocycles. The molecule has 0 aliphatic carbocycles. The molecule has 0 nitrogen and oxygen atoms in total. The Morgan fingerprint density at radius 1 is 0.389 bits per heavy atom. The Morgan fingerprint density at radius 2 is 0.611 bits per heavy atom. The Morgan fingerprint density at radius 3 is 0.833 bits per heavy atom. The van der Waals surface area contributed by atoms with Crippen molar-refractivity contribution in [3.63, 3.8) is 0 Å². The van der Waals surface area contributed by atoms with Crippen molar-refractivity contribution in [3.05, 3.63) is 0 Å². The third-order valence-electron chi connectivity index (χ3n) is 3.09. The largest absolute Gasteiger partial charge is 0.238 e. The minimum absolute atomic E-state index is 0.0319. The third kappa shape index (κ3) is 15.7. The van der Waals surface area contributed by atoms with Crippen LogP contribution in [0.1, 0.15) is 77.0 Å². The van der Waals surface area contributed by atoms with Gasteiger partial charge in [0.05, 0.1) is 0 Å². The van der Waals surface area contributed by atoms with Gasteiger partial charge in [-0.15, -0.1) is 0 Å². The minimum atomic E-state index is -2.15. The predicted octanol–water partition coefficient (Wildman–Crippen LogP) is 6.20. The fraction of sp³-hybridized carbons (Fsp3) is 1.00. The molecule has 0 aromatic carbocycles. The maximum Gasteiger partial charge on any atom is 0.238 e. The summed E-state index contributed by atoms with van der Waals surface area (Å²) in [7, 11) is 0. The highest BCUT2D eigenvalue weighted by molar-refractivity contribution is 4.50. The molecule has 0 spiro atoms. The van der Waals surface area contributed by atoms with Gasteiger partial charge in [0.1, 0.15) is 0 Å². The van der Waals surface area contributed by atoms with Gasteiger partial charge in [0.25, 0.3) is 0 Å². The van der Waals surface area contributed by atoms with Gasteiger partial charge >= 0.3 is 0 Å². The fourth-order valence-corrected chi connectivity index (χ4v) is 2.01. The Hall–Kier alpha value is -0.280. The Kier molecular flexibility index (Phi) is 13.0. The van der Waals surface area contributed by atoms with Gasteiger partial charge in [-0.1, -0.05) is 51.4 Å². The molecule has 110 valence electrons. The molecule has 0 aromatic rings. The molecule has 18 heavy (non-hydrogen) atoms. The van der Waals surface area contributed by atoms with E-state index in [1.165, 1.54) is 0 Å². The van der Waals surface area contributed by atoms with E-state index < -0.39 is 12.9 Å². The lowest BCUT2D eigenvalue weighted by Crippen LogP contribution is -1.90. The van der Waals surface area contributed by atoms with Crippen LogP contribution < -0.4 is 0 Å². The molecular weight excluding hydrogens is 244 g/mol. The molecule has 0 atom stereocenters. The van der Waals surface area contributed by atoms with Crippen LogP contribution in [0.25, 0.3) is 0 Å². The van der Waals surface area contributed by atoms with E-state index >= 15 is 0 Å². The van der Waals surface area contributed by atoms with Gasteiger partial charge in [0.2, 0.25) is 12.9 Å². The summed E-state index contributed by atoms with van der Waals surface area (Å²) in [5.74, 6) is 0. The number of unbranched alkanes of at least 4 members (excludes halogenated alkanes) is 9. The molecule has 0 heterocycles. The molecule has 0 N–H and O–H groups in total. The number of halogens is 4. The lowest BCUT2D eigenvalue weighted by molar-refractivity contribution is 0.133. The van der Waals surface area contributed by atoms with Crippen molar-refractivity contribution in [2.24, 2.45) is 0 Å². The zero-order valence-electron chi connectivity index (χ0n) is 11.2. The maximum atomic E-state index is 11.8. The number of hydrogen-bond donors (Lipinski definition) is 0. The van der Waals surface area contributed by atoms with Gasteiger partial charge in [0, 0.05) is 12.8 Å². The first-order chi connectivity index (χ1) is 8.63. The average Bonchev–Trinajstić information content (AvgIpc) is 2.29. The highest BCUT2D eigenvalue weighted by atomic mass is 19.3. The van der Waals surface area contributed by atoms with E-state index in [9.17, 15) is 17.6 Å². The van der Waals surface area contributed by atoms with Crippen molar-refractivity contribution < 1.29 is 17.6 Å². The van der Waals surface area contributed by atoms with Crippen LogP contribution >= 0.6 is 0 Å². The van der Waals surface area contributed by atoms with Gasteiger partial charge in [-0.25, -0.2) is 17.6 Å². The second-order valence-corrected chi connectivity index (χ2v) is 4.90. The van der Waals surface area contributed by atoms with E-state index in [1.807, 2.05) is 0 Å². The molecule has 0 fully saturated rings. The first-order valence-corrected chi connectivity index (χ1v) is 7.19. The van der Waals surface area contributed by atoms with E-state index in [0.29, 0.717) is 12.8 Å². The maximum absolute atomic E-state index is 11.8. The molecule has 0 radical (unpaired) electrons. The molecule has 0 aromatic heterocycles. The summed E-state index contributed by atoms with van der Waals surface area (Å²) in [6, 6.07) is 0. The van der Waals surface area contributed by atoms with Crippen molar-refractivity contribution >= 4 is 0 Å². The molecule has 0 amide bonds. The minimum Gasteiger partial charge on any atom is -0.211 e. The van der Waals surface area contributed by atoms with E-state index in [1.54, 1.807) is 0 Å². The molecule has 0 rings (SSSR count). The molecular formula is C14H26F4. The molecule has 0 saturated carbocycles. The van der Waals surface area contributed by atoms with Gasteiger partial charge in [-0.05, 0) is 12.8 Å². The lowest BCUT2D eigenvalue weighted by Gasteiger charge is -2.03. The summed E-state index contributed by atoms with van der Waals surface area (Å²) in [6.07, 6.45) is 5.41. The monoisotopic (exact) mass is 270 g/mol. The zero-order chi connectivity index (χ0) is 13.6. The normalized spacial score (nSPS) is 11.7. The van der Waals surface area contributed by atoms with Gasteiger partial charge in [0.15, 0.2) is 0 Å². The lowest BCUT2D eigenvalue weighted by atomic mass is 10.1. The van der Waals surface area contributed by atoms with Crippen molar-refractivity contribution in [3.8, 4) is 0 Å². The standard InChI is InChI=1S/C14H26F4/c15-13(16)11-9-7-5-3-1-2-4-6-8-10-12-14(17)18/h13-14H,1-12H2. The summed E-state index contributed by atoms with van der Waals surface area (Å²) in [6.45, 7) is 0. The summed E-state index contributed by atoms with van der Waals surface area (Å²) in [5, 5.41) is 0. The van der Waals surface area contributed by atoms with Crippen LogP contribution in [0, 0.1) is 0 Å². The van der Waals surface area contributed by atoms with Gasteiger partial charge in [-0.2, -0.15) is 0 Å². The van der Waals surface area contributed by atoms with Gasteiger partial charge in [-0.3, -0.25) is 0 Å². The van der Waals surface area contributed by atoms with Crippen LogP contribution in [0.5, 0.6) is 0 Å². The number of rotatable bonds is 13. The van der Waals surface area contributed by atoms with Gasteiger partial charge < -0.3 is 0 Å². The molecule has 4 heteroatoms. The first kappa shape index (κ1) is 17.7. The summed E-state index contributed by atoms with van der Waals surface area (Å²) >= 11 is 0. The van der Waals surface area contributed by atoms with Crippen molar-refractivity contribution in [2.75, 3.05) is 0 Å². The van der Waals surface area contributed by atoms with Crippen LogP contribution in [0.15, 0.2) is 0 Å². The Balaban J connectivity index is 2.95. The first-order valence-electron chi connectivity index (χ1n) is 7.19. The van der Waals surface area contributed by atoms with Crippen molar-refractivity contribution in [1.29, 1.82) is 0 Å². The molecule has 0 saturated heterocycles. The number of alkyl halides is 4. The zero-order valence-corrected chi connectivity index (χ0v) is 11.2. The number of hydrogen-bond acceptors (Lipinski definition) is 0. The Bertz CT molecular complexity index is 142. The SMILES string of the molecule is FC(F)CCCCCCCCCCCCC(F)F. The van der Waals surface area contributed by atoms with E-state index in [0.717, 1.165) is 51.4 Å². The molecule has 0 bridgehead atoms. The molecule has 0 aliphatic rings. The summed E-state index contributed by atoms with van der Waals surface area (Å²) in [4.78, 5) is 0. The van der Waals surface area contributed by atoms with Crippen LogP contribution in [0.2, 0.25) is 0 Å².